The predicted molar refractivity (Wildman–Crippen MR) is 205 cm³/mol. The molecular weight excluding hydrogens is 629 g/mol. The van der Waals surface area contributed by atoms with E-state index in [1.807, 2.05) is 91.0 Å². The van der Waals surface area contributed by atoms with E-state index in [2.05, 4.69) is 82.3 Å². The molecule has 5 heteroatoms. The molecule has 1 aliphatic carbocycles. The molecule has 1 unspecified atom stereocenters. The highest BCUT2D eigenvalue weighted by molar-refractivity contribution is 7.85. The summed E-state index contributed by atoms with van der Waals surface area (Å²) in [7, 11) is -3.37. The van der Waals surface area contributed by atoms with Gasteiger partial charge in [0.05, 0.1) is 0 Å². The molecule has 9 rings (SSSR count). The second-order valence-electron chi connectivity index (χ2n) is 14.4. The molecule has 1 aliphatic heterocycles. The number of fused-ring (bicyclic) bond motifs is 5. The maximum atomic E-state index is 16.3. The van der Waals surface area contributed by atoms with Crippen LogP contribution in [0, 0.1) is 0 Å². The molecule has 242 valence electrons. The van der Waals surface area contributed by atoms with Gasteiger partial charge in [0.15, 0.2) is 24.6 Å². The Morgan fingerprint density at radius 1 is 0.420 bits per heavy atom. The van der Waals surface area contributed by atoms with Crippen LogP contribution in [0.3, 0.4) is 0 Å². The zero-order valence-corrected chi connectivity index (χ0v) is 29.4. The fraction of sp³-hybridized carbons (Fsp3) is 0.133. The van der Waals surface area contributed by atoms with Crippen LogP contribution in [0.4, 0.5) is 0 Å². The number of rotatable bonds is 4. The summed E-state index contributed by atoms with van der Waals surface area (Å²) in [6.07, 6.45) is 0. The van der Waals surface area contributed by atoms with Crippen LogP contribution in [0.15, 0.2) is 146 Å². The average molecular weight is 666 g/mol. The molecule has 0 saturated carbocycles. The number of hydrogen-bond acceptors (Lipinski definition) is 4. The zero-order valence-electron chi connectivity index (χ0n) is 28.6. The lowest BCUT2D eigenvalue weighted by Gasteiger charge is -2.40. The highest BCUT2D eigenvalue weighted by Gasteiger charge is 2.47. The van der Waals surface area contributed by atoms with Crippen LogP contribution in [0.25, 0.3) is 45.3 Å². The molecule has 1 aromatic heterocycles. The Hall–Kier alpha value is -5.44. The van der Waals surface area contributed by atoms with Crippen LogP contribution >= 0.6 is 7.14 Å². The minimum absolute atomic E-state index is 0.163. The first-order valence-corrected chi connectivity index (χ1v) is 18.9. The van der Waals surface area contributed by atoms with Crippen molar-refractivity contribution < 1.29 is 4.57 Å². The van der Waals surface area contributed by atoms with Crippen molar-refractivity contribution in [3.63, 3.8) is 0 Å². The monoisotopic (exact) mass is 665 g/mol. The summed E-state index contributed by atoms with van der Waals surface area (Å²) in [5.74, 6) is 1.75. The van der Waals surface area contributed by atoms with E-state index in [4.69, 9.17) is 15.0 Å². The van der Waals surface area contributed by atoms with E-state index in [-0.39, 0.29) is 5.41 Å². The van der Waals surface area contributed by atoms with Gasteiger partial charge in [-0.15, -0.1) is 0 Å². The molecule has 0 radical (unpaired) electrons. The summed E-state index contributed by atoms with van der Waals surface area (Å²) in [6, 6.07) is 49.7. The Morgan fingerprint density at radius 3 is 1.54 bits per heavy atom. The van der Waals surface area contributed by atoms with Crippen molar-refractivity contribution in [3.05, 3.63) is 168 Å². The summed E-state index contributed by atoms with van der Waals surface area (Å²) in [4.78, 5) is 15.0. The normalized spacial score (nSPS) is 17.7. The van der Waals surface area contributed by atoms with Gasteiger partial charge in [0.1, 0.15) is 0 Å². The molecule has 2 heterocycles. The lowest BCUT2D eigenvalue weighted by Crippen LogP contribution is -2.43. The quantitative estimate of drug-likeness (QED) is 0.176. The minimum Gasteiger partial charge on any atom is -0.309 e. The van der Waals surface area contributed by atoms with Gasteiger partial charge in [-0.2, -0.15) is 0 Å². The van der Waals surface area contributed by atoms with Crippen LogP contribution in [0.5, 0.6) is 0 Å². The summed E-state index contributed by atoms with van der Waals surface area (Å²) in [6.45, 7) is 9.15. The highest BCUT2D eigenvalue weighted by atomic mass is 31.2. The molecule has 0 spiro atoms. The van der Waals surface area contributed by atoms with Crippen molar-refractivity contribution in [1.82, 2.24) is 15.0 Å². The number of benzene rings is 6. The van der Waals surface area contributed by atoms with Crippen molar-refractivity contribution in [2.75, 3.05) is 0 Å². The lowest BCUT2D eigenvalue weighted by atomic mass is 9.74. The van der Waals surface area contributed by atoms with Gasteiger partial charge in [0.25, 0.3) is 0 Å². The second-order valence-corrected chi connectivity index (χ2v) is 17.1. The smallest absolute Gasteiger partial charge is 0.171 e. The SMILES string of the molecule is CC1(C)c2ccccc2-c2cc3c(cc21)C(C)(C)c1ccc(-c2nc(-c4ccccc4)nc(-c4ccccc4)n2)cc1P3(=O)c1ccccc1. The van der Waals surface area contributed by atoms with Crippen LogP contribution < -0.4 is 15.9 Å². The first-order chi connectivity index (χ1) is 24.2. The predicted octanol–water partition coefficient (Wildman–Crippen LogP) is 9.46. The van der Waals surface area contributed by atoms with Crippen molar-refractivity contribution in [2.45, 2.75) is 38.5 Å². The van der Waals surface area contributed by atoms with Gasteiger partial charge >= 0.3 is 0 Å². The third kappa shape index (κ3) is 4.45. The first kappa shape index (κ1) is 30.6. The Bertz CT molecular complexity index is 2450. The number of hydrogen-bond donors (Lipinski definition) is 0. The largest absolute Gasteiger partial charge is 0.309 e. The summed E-state index contributed by atoms with van der Waals surface area (Å²) in [5.41, 5.74) is 9.24. The summed E-state index contributed by atoms with van der Waals surface area (Å²) >= 11 is 0. The van der Waals surface area contributed by atoms with Gasteiger partial charge in [-0.05, 0) is 45.5 Å². The molecule has 50 heavy (non-hydrogen) atoms. The molecule has 0 saturated heterocycles. The Morgan fingerprint density at radius 2 is 0.920 bits per heavy atom. The van der Waals surface area contributed by atoms with Crippen LogP contribution in [0.1, 0.15) is 49.9 Å². The van der Waals surface area contributed by atoms with E-state index >= 15 is 4.57 Å². The molecule has 0 fully saturated rings. The van der Waals surface area contributed by atoms with E-state index in [9.17, 15) is 0 Å². The van der Waals surface area contributed by atoms with E-state index in [0.717, 1.165) is 43.7 Å². The van der Waals surface area contributed by atoms with E-state index in [1.165, 1.54) is 22.3 Å². The van der Waals surface area contributed by atoms with Crippen LogP contribution in [-0.2, 0) is 15.4 Å². The van der Waals surface area contributed by atoms with Crippen molar-refractivity contribution in [3.8, 4) is 45.3 Å². The van der Waals surface area contributed by atoms with Crippen molar-refractivity contribution >= 4 is 23.1 Å². The minimum atomic E-state index is -3.37. The zero-order chi connectivity index (χ0) is 34.3. The molecule has 0 bridgehead atoms. The Labute approximate surface area is 293 Å². The standard InChI is InChI=1S/C45H36N3OP/c1-44(2)35-23-15-14-22-33(35)34-27-40-38(28-37(34)44)45(3,4)36-25-24-31(26-39(36)50(40,49)32-20-12-7-13-21-32)43-47-41(29-16-8-5-9-17-29)46-42(48-43)30-18-10-6-11-19-30/h5-28H,1-4H3. The number of aromatic nitrogens is 3. The fourth-order valence-corrected chi connectivity index (χ4v) is 11.5. The first-order valence-electron chi connectivity index (χ1n) is 17.1. The van der Waals surface area contributed by atoms with E-state index in [1.54, 1.807) is 0 Å². The highest BCUT2D eigenvalue weighted by Crippen LogP contribution is 2.57. The average Bonchev–Trinajstić information content (AvgIpc) is 3.39. The topological polar surface area (TPSA) is 55.7 Å². The molecule has 7 aromatic rings. The van der Waals surface area contributed by atoms with Gasteiger partial charge in [-0.3, -0.25) is 0 Å². The molecule has 2 aliphatic rings. The maximum absolute atomic E-state index is 16.3. The molecule has 4 nitrogen and oxygen atoms in total. The molecular formula is C45H36N3OP. The Kier molecular flexibility index (Phi) is 6.75. The van der Waals surface area contributed by atoms with Gasteiger partial charge in [-0.1, -0.05) is 161 Å². The summed E-state index contributed by atoms with van der Waals surface area (Å²) in [5, 5.41) is 2.58. The lowest BCUT2D eigenvalue weighted by molar-refractivity contribution is 0.585. The van der Waals surface area contributed by atoms with E-state index in [0.29, 0.717) is 17.5 Å². The number of nitrogens with zero attached hydrogens (tertiary/aromatic N) is 3. The van der Waals surface area contributed by atoms with E-state index < -0.39 is 12.6 Å². The van der Waals surface area contributed by atoms with Gasteiger partial charge < -0.3 is 4.57 Å². The van der Waals surface area contributed by atoms with Crippen molar-refractivity contribution in [2.24, 2.45) is 0 Å². The van der Waals surface area contributed by atoms with Gasteiger partial charge in [0.2, 0.25) is 0 Å². The fourth-order valence-electron chi connectivity index (χ4n) is 8.09. The second kappa shape index (κ2) is 11.0. The maximum Gasteiger partial charge on any atom is 0.171 e. The molecule has 1 atom stereocenters. The molecule has 6 aromatic carbocycles. The van der Waals surface area contributed by atoms with Crippen LogP contribution in [-0.4, -0.2) is 15.0 Å². The van der Waals surface area contributed by atoms with Gasteiger partial charge in [-0.25, -0.2) is 15.0 Å². The Balaban J connectivity index is 1.31. The third-order valence-corrected chi connectivity index (χ3v) is 13.9. The van der Waals surface area contributed by atoms with Gasteiger partial charge in [0, 0.05) is 43.4 Å². The van der Waals surface area contributed by atoms with Crippen molar-refractivity contribution in [1.29, 1.82) is 0 Å². The summed E-state index contributed by atoms with van der Waals surface area (Å²) < 4.78 is 16.3. The molecule has 0 amide bonds. The third-order valence-electron chi connectivity index (χ3n) is 10.8. The molecule has 0 N–H and O–H groups in total. The van der Waals surface area contributed by atoms with Crippen LogP contribution in [0.2, 0.25) is 0 Å².